The third-order valence-electron chi connectivity index (χ3n) is 3.85. The van der Waals surface area contributed by atoms with Crippen molar-refractivity contribution in [3.63, 3.8) is 0 Å². The second-order valence-corrected chi connectivity index (χ2v) is 6.71. The SMILES string of the molecule is O=C(OCc1ccccc1)C(Br)c1ccc(OCc2ccccc2)cc1. The van der Waals surface area contributed by atoms with E-state index in [-0.39, 0.29) is 12.6 Å². The fourth-order valence-corrected chi connectivity index (χ4v) is 2.85. The van der Waals surface area contributed by atoms with Crippen molar-refractivity contribution in [2.75, 3.05) is 0 Å². The zero-order chi connectivity index (χ0) is 18.2. The molecule has 3 aromatic carbocycles. The Bertz CT molecular complexity index is 817. The summed E-state index contributed by atoms with van der Waals surface area (Å²) in [4.78, 5) is 11.7. The van der Waals surface area contributed by atoms with Gasteiger partial charge in [-0.15, -0.1) is 0 Å². The molecule has 0 bridgehead atoms. The van der Waals surface area contributed by atoms with E-state index in [0.717, 1.165) is 22.4 Å². The van der Waals surface area contributed by atoms with Gasteiger partial charge in [-0.3, -0.25) is 4.79 Å². The van der Waals surface area contributed by atoms with E-state index in [1.807, 2.05) is 84.9 Å². The number of halogens is 1. The van der Waals surface area contributed by atoms with E-state index < -0.39 is 4.83 Å². The van der Waals surface area contributed by atoms with Crippen LogP contribution in [0.25, 0.3) is 0 Å². The maximum absolute atomic E-state index is 12.2. The highest BCUT2D eigenvalue weighted by Crippen LogP contribution is 2.26. The molecule has 4 heteroatoms. The minimum absolute atomic E-state index is 0.264. The molecule has 0 heterocycles. The summed E-state index contributed by atoms with van der Waals surface area (Å²) in [6, 6.07) is 27.1. The van der Waals surface area contributed by atoms with Crippen LogP contribution in [0.2, 0.25) is 0 Å². The Morgan fingerprint density at radius 2 is 1.31 bits per heavy atom. The first-order chi connectivity index (χ1) is 12.7. The Balaban J connectivity index is 1.52. The van der Waals surface area contributed by atoms with Crippen molar-refractivity contribution < 1.29 is 14.3 Å². The highest BCUT2D eigenvalue weighted by molar-refractivity contribution is 9.09. The largest absolute Gasteiger partial charge is 0.489 e. The molecule has 0 aromatic heterocycles. The standard InChI is InChI=1S/C22H19BrO3/c23-21(22(24)26-16-18-9-5-2-6-10-18)19-11-13-20(14-12-19)25-15-17-7-3-1-4-8-17/h1-14,21H,15-16H2. The Morgan fingerprint density at radius 3 is 1.88 bits per heavy atom. The molecule has 3 nitrogen and oxygen atoms in total. The van der Waals surface area contributed by atoms with Crippen LogP contribution in [0.5, 0.6) is 5.75 Å². The van der Waals surface area contributed by atoms with Crippen molar-refractivity contribution in [3.05, 3.63) is 102 Å². The summed E-state index contributed by atoms with van der Waals surface area (Å²) in [6.45, 7) is 0.775. The summed E-state index contributed by atoms with van der Waals surface area (Å²) in [5.41, 5.74) is 2.90. The predicted octanol–water partition coefficient (Wildman–Crippen LogP) is 5.45. The minimum Gasteiger partial charge on any atom is -0.489 e. The van der Waals surface area contributed by atoms with Crippen LogP contribution in [0.1, 0.15) is 21.5 Å². The summed E-state index contributed by atoms with van der Waals surface area (Å²) < 4.78 is 11.1. The van der Waals surface area contributed by atoms with Crippen LogP contribution in [0.4, 0.5) is 0 Å². The second kappa shape index (κ2) is 9.20. The molecule has 132 valence electrons. The topological polar surface area (TPSA) is 35.5 Å². The van der Waals surface area contributed by atoms with Gasteiger partial charge in [0.05, 0.1) is 0 Å². The van der Waals surface area contributed by atoms with E-state index in [1.54, 1.807) is 0 Å². The smallest absolute Gasteiger partial charge is 0.324 e. The molecule has 1 unspecified atom stereocenters. The average Bonchev–Trinajstić information content (AvgIpc) is 2.72. The second-order valence-electron chi connectivity index (χ2n) is 5.80. The fraction of sp³-hybridized carbons (Fsp3) is 0.136. The third kappa shape index (κ3) is 5.20. The lowest BCUT2D eigenvalue weighted by Gasteiger charge is -2.12. The molecular formula is C22H19BrO3. The Hall–Kier alpha value is -2.59. The number of esters is 1. The van der Waals surface area contributed by atoms with Crippen molar-refractivity contribution in [3.8, 4) is 5.75 Å². The zero-order valence-electron chi connectivity index (χ0n) is 14.2. The van der Waals surface area contributed by atoms with Crippen LogP contribution in [-0.4, -0.2) is 5.97 Å². The number of rotatable bonds is 7. The van der Waals surface area contributed by atoms with E-state index in [0.29, 0.717) is 6.61 Å². The molecule has 0 spiro atoms. The molecule has 3 rings (SSSR count). The number of carbonyl (C=O) groups is 1. The molecule has 0 aliphatic carbocycles. The van der Waals surface area contributed by atoms with Gasteiger partial charge in [0.25, 0.3) is 0 Å². The lowest BCUT2D eigenvalue weighted by Crippen LogP contribution is -2.11. The molecule has 0 N–H and O–H groups in total. The zero-order valence-corrected chi connectivity index (χ0v) is 15.8. The molecular weight excluding hydrogens is 392 g/mol. The molecule has 0 aliphatic heterocycles. The number of carbonyl (C=O) groups excluding carboxylic acids is 1. The van der Waals surface area contributed by atoms with E-state index in [2.05, 4.69) is 15.9 Å². The Kier molecular flexibility index (Phi) is 6.45. The van der Waals surface area contributed by atoms with Gasteiger partial charge in [-0.05, 0) is 28.8 Å². The normalized spacial score (nSPS) is 11.6. The molecule has 0 fully saturated rings. The molecule has 3 aromatic rings. The minimum atomic E-state index is -0.505. The number of hydrogen-bond donors (Lipinski definition) is 0. The Labute approximate surface area is 161 Å². The number of benzene rings is 3. The molecule has 0 saturated heterocycles. The fourth-order valence-electron chi connectivity index (χ4n) is 2.41. The van der Waals surface area contributed by atoms with Gasteiger partial charge in [0.1, 0.15) is 23.8 Å². The first-order valence-corrected chi connectivity index (χ1v) is 9.25. The predicted molar refractivity (Wildman–Crippen MR) is 105 cm³/mol. The summed E-state index contributed by atoms with van der Waals surface area (Å²) in [6.07, 6.45) is 0. The average molecular weight is 411 g/mol. The van der Waals surface area contributed by atoms with Gasteiger partial charge in [-0.1, -0.05) is 88.7 Å². The summed E-state index contributed by atoms with van der Waals surface area (Å²) in [5.74, 6) is 0.446. The first kappa shape index (κ1) is 18.2. The third-order valence-corrected chi connectivity index (χ3v) is 4.75. The summed E-state index contributed by atoms with van der Waals surface area (Å²) in [5, 5.41) is 0. The number of alkyl halides is 1. The van der Waals surface area contributed by atoms with Crippen molar-refractivity contribution in [1.29, 1.82) is 0 Å². The van der Waals surface area contributed by atoms with E-state index in [1.165, 1.54) is 0 Å². The van der Waals surface area contributed by atoms with E-state index in [4.69, 9.17) is 9.47 Å². The van der Waals surface area contributed by atoms with Crippen molar-refractivity contribution in [1.82, 2.24) is 0 Å². The highest BCUT2D eigenvalue weighted by Gasteiger charge is 2.18. The first-order valence-electron chi connectivity index (χ1n) is 8.34. The maximum Gasteiger partial charge on any atom is 0.324 e. The number of ether oxygens (including phenoxy) is 2. The van der Waals surface area contributed by atoms with Gasteiger partial charge in [0.2, 0.25) is 0 Å². The van der Waals surface area contributed by atoms with Gasteiger partial charge in [0, 0.05) is 0 Å². The van der Waals surface area contributed by atoms with Crippen LogP contribution >= 0.6 is 15.9 Å². The molecule has 0 amide bonds. The number of hydrogen-bond acceptors (Lipinski definition) is 3. The molecule has 26 heavy (non-hydrogen) atoms. The lowest BCUT2D eigenvalue weighted by atomic mass is 10.1. The summed E-state index contributed by atoms with van der Waals surface area (Å²) >= 11 is 3.41. The van der Waals surface area contributed by atoms with Crippen molar-refractivity contribution in [2.24, 2.45) is 0 Å². The monoisotopic (exact) mass is 410 g/mol. The van der Waals surface area contributed by atoms with Crippen LogP contribution in [0, 0.1) is 0 Å². The van der Waals surface area contributed by atoms with Crippen LogP contribution < -0.4 is 4.74 Å². The highest BCUT2D eigenvalue weighted by atomic mass is 79.9. The van der Waals surface area contributed by atoms with Gasteiger partial charge >= 0.3 is 5.97 Å². The summed E-state index contributed by atoms with van der Waals surface area (Å²) in [7, 11) is 0. The maximum atomic E-state index is 12.2. The van der Waals surface area contributed by atoms with Crippen molar-refractivity contribution in [2.45, 2.75) is 18.0 Å². The molecule has 0 radical (unpaired) electrons. The van der Waals surface area contributed by atoms with Crippen molar-refractivity contribution >= 4 is 21.9 Å². The van der Waals surface area contributed by atoms with Gasteiger partial charge < -0.3 is 9.47 Å². The van der Waals surface area contributed by atoms with Gasteiger partial charge in [0.15, 0.2) is 0 Å². The molecule has 1 atom stereocenters. The van der Waals surface area contributed by atoms with E-state index >= 15 is 0 Å². The van der Waals surface area contributed by atoms with Crippen LogP contribution in [0.15, 0.2) is 84.9 Å². The van der Waals surface area contributed by atoms with Crippen LogP contribution in [-0.2, 0) is 22.7 Å². The quantitative estimate of drug-likeness (QED) is 0.383. The molecule has 0 aliphatic rings. The van der Waals surface area contributed by atoms with E-state index in [9.17, 15) is 4.79 Å². The van der Waals surface area contributed by atoms with Gasteiger partial charge in [-0.2, -0.15) is 0 Å². The van der Waals surface area contributed by atoms with Gasteiger partial charge in [-0.25, -0.2) is 0 Å². The lowest BCUT2D eigenvalue weighted by molar-refractivity contribution is -0.144. The Morgan fingerprint density at radius 1 is 0.769 bits per heavy atom. The van der Waals surface area contributed by atoms with Crippen LogP contribution in [0.3, 0.4) is 0 Å². The molecule has 0 saturated carbocycles.